The molecule has 1 N–H and O–H groups in total. The number of rotatable bonds is 7. The summed E-state index contributed by atoms with van der Waals surface area (Å²) in [5.74, 6) is 3.09. The van der Waals surface area contributed by atoms with Gasteiger partial charge in [-0.1, -0.05) is 13.8 Å². The summed E-state index contributed by atoms with van der Waals surface area (Å²) in [6, 6.07) is 0.702. The summed E-state index contributed by atoms with van der Waals surface area (Å²) in [6.07, 6.45) is 5.82. The fourth-order valence-corrected chi connectivity index (χ4v) is 2.50. The Labute approximate surface area is 116 Å². The Morgan fingerprint density at radius 1 is 1.21 bits per heavy atom. The number of aromatic nitrogens is 2. The van der Waals surface area contributed by atoms with Gasteiger partial charge in [0.25, 0.3) is 0 Å². The van der Waals surface area contributed by atoms with E-state index in [1.807, 2.05) is 7.05 Å². The largest absolute Gasteiger partial charge is 0.373 e. The van der Waals surface area contributed by atoms with E-state index < -0.39 is 0 Å². The maximum absolute atomic E-state index is 4.83. The maximum atomic E-state index is 4.83. The summed E-state index contributed by atoms with van der Waals surface area (Å²) in [7, 11) is 1.94. The van der Waals surface area contributed by atoms with Gasteiger partial charge in [-0.15, -0.1) is 0 Å². The van der Waals surface area contributed by atoms with Crippen LogP contribution in [0.5, 0.6) is 0 Å². The Hall–Kier alpha value is -1.32. The molecule has 4 nitrogen and oxygen atoms in total. The van der Waals surface area contributed by atoms with Crippen molar-refractivity contribution in [2.45, 2.75) is 58.9 Å². The molecule has 1 aromatic heterocycles. The summed E-state index contributed by atoms with van der Waals surface area (Å²) in [6.45, 7) is 7.63. The summed E-state index contributed by atoms with van der Waals surface area (Å²) >= 11 is 0. The van der Waals surface area contributed by atoms with Gasteiger partial charge in [0, 0.05) is 31.6 Å². The van der Waals surface area contributed by atoms with E-state index in [1.54, 1.807) is 0 Å². The molecule has 0 aliphatic heterocycles. The average molecular weight is 262 g/mol. The molecule has 1 fully saturated rings. The molecule has 0 spiro atoms. The van der Waals surface area contributed by atoms with Crippen molar-refractivity contribution in [3.8, 4) is 0 Å². The van der Waals surface area contributed by atoms with E-state index in [4.69, 9.17) is 4.98 Å². The molecule has 4 heteroatoms. The zero-order valence-electron chi connectivity index (χ0n) is 12.7. The van der Waals surface area contributed by atoms with Crippen LogP contribution in [0.25, 0.3) is 0 Å². The smallest absolute Gasteiger partial charge is 0.137 e. The van der Waals surface area contributed by atoms with E-state index >= 15 is 0 Å². The summed E-state index contributed by atoms with van der Waals surface area (Å²) < 4.78 is 0. The van der Waals surface area contributed by atoms with Gasteiger partial charge in [-0.3, -0.25) is 0 Å². The number of hydrogen-bond acceptors (Lipinski definition) is 4. The molecule has 19 heavy (non-hydrogen) atoms. The maximum Gasteiger partial charge on any atom is 0.137 e. The van der Waals surface area contributed by atoms with Gasteiger partial charge in [-0.05, 0) is 32.6 Å². The Morgan fingerprint density at radius 2 is 1.95 bits per heavy atom. The SMILES string of the molecule is CCCc1nc(NC)c(C)c(N(CCC)C2CC2)n1. The van der Waals surface area contributed by atoms with Gasteiger partial charge in [-0.25, -0.2) is 9.97 Å². The second kappa shape index (κ2) is 6.22. The number of anilines is 2. The van der Waals surface area contributed by atoms with Crippen molar-refractivity contribution < 1.29 is 0 Å². The predicted octanol–water partition coefficient (Wildman–Crippen LogP) is 3.16. The lowest BCUT2D eigenvalue weighted by molar-refractivity contribution is 0.733. The van der Waals surface area contributed by atoms with Gasteiger partial charge in [-0.2, -0.15) is 0 Å². The van der Waals surface area contributed by atoms with Crippen molar-refractivity contribution in [3.05, 3.63) is 11.4 Å². The lowest BCUT2D eigenvalue weighted by Crippen LogP contribution is -2.29. The lowest BCUT2D eigenvalue weighted by atomic mass is 10.2. The van der Waals surface area contributed by atoms with Crippen LogP contribution >= 0.6 is 0 Å². The molecule has 0 unspecified atom stereocenters. The molecule has 1 aromatic rings. The minimum Gasteiger partial charge on any atom is -0.373 e. The van der Waals surface area contributed by atoms with Crippen molar-refractivity contribution in [1.82, 2.24) is 9.97 Å². The number of aryl methyl sites for hydroxylation is 1. The standard InChI is InChI=1S/C15H26N4/c1-5-7-13-17-14(16-4)11(3)15(18-13)19(10-6-2)12-8-9-12/h12H,5-10H2,1-4H3,(H,16,17,18). The molecule has 1 saturated carbocycles. The summed E-state index contributed by atoms with van der Waals surface area (Å²) in [5, 5.41) is 3.21. The first-order valence-electron chi connectivity index (χ1n) is 7.53. The molecule has 1 aliphatic rings. The molecule has 2 rings (SSSR count). The molecule has 0 radical (unpaired) electrons. The first-order chi connectivity index (χ1) is 9.21. The van der Waals surface area contributed by atoms with Crippen LogP contribution in [0.1, 0.15) is 50.9 Å². The fraction of sp³-hybridized carbons (Fsp3) is 0.733. The third-order valence-electron chi connectivity index (χ3n) is 3.60. The summed E-state index contributed by atoms with van der Waals surface area (Å²) in [5.41, 5.74) is 1.18. The van der Waals surface area contributed by atoms with E-state index in [2.05, 4.69) is 36.0 Å². The zero-order chi connectivity index (χ0) is 13.8. The molecule has 0 saturated heterocycles. The average Bonchev–Trinajstić information content (AvgIpc) is 3.23. The second-order valence-electron chi connectivity index (χ2n) is 5.36. The Bertz CT molecular complexity index is 426. The highest BCUT2D eigenvalue weighted by molar-refractivity contribution is 5.59. The zero-order valence-corrected chi connectivity index (χ0v) is 12.7. The molecule has 1 heterocycles. The molecule has 0 amide bonds. The lowest BCUT2D eigenvalue weighted by Gasteiger charge is -2.26. The molecule has 1 aliphatic carbocycles. The van der Waals surface area contributed by atoms with Crippen molar-refractivity contribution >= 4 is 11.6 Å². The van der Waals surface area contributed by atoms with Crippen LogP contribution in [0.2, 0.25) is 0 Å². The topological polar surface area (TPSA) is 41.1 Å². The number of hydrogen-bond donors (Lipinski definition) is 1. The van der Waals surface area contributed by atoms with Crippen LogP contribution in [0.4, 0.5) is 11.6 Å². The third-order valence-corrected chi connectivity index (χ3v) is 3.60. The first-order valence-corrected chi connectivity index (χ1v) is 7.53. The van der Waals surface area contributed by atoms with E-state index in [0.717, 1.165) is 43.3 Å². The molecule has 0 aromatic carbocycles. The van der Waals surface area contributed by atoms with Crippen molar-refractivity contribution in [2.75, 3.05) is 23.8 Å². The minimum atomic E-state index is 0.702. The van der Waals surface area contributed by atoms with Crippen molar-refractivity contribution in [1.29, 1.82) is 0 Å². The van der Waals surface area contributed by atoms with Gasteiger partial charge in [0.05, 0.1) is 0 Å². The predicted molar refractivity (Wildman–Crippen MR) is 81.0 cm³/mol. The first kappa shape index (κ1) is 14.1. The van der Waals surface area contributed by atoms with Gasteiger partial charge in [0.1, 0.15) is 17.5 Å². The van der Waals surface area contributed by atoms with Crippen molar-refractivity contribution in [3.63, 3.8) is 0 Å². The Kier molecular flexibility index (Phi) is 4.61. The van der Waals surface area contributed by atoms with Crippen LogP contribution < -0.4 is 10.2 Å². The summed E-state index contributed by atoms with van der Waals surface area (Å²) in [4.78, 5) is 11.9. The number of nitrogens with one attached hydrogen (secondary N) is 1. The third kappa shape index (κ3) is 3.17. The highest BCUT2D eigenvalue weighted by Gasteiger charge is 2.31. The monoisotopic (exact) mass is 262 g/mol. The van der Waals surface area contributed by atoms with Crippen molar-refractivity contribution in [2.24, 2.45) is 0 Å². The molecular formula is C15H26N4. The van der Waals surface area contributed by atoms with Gasteiger partial charge in [0.15, 0.2) is 0 Å². The van der Waals surface area contributed by atoms with E-state index in [9.17, 15) is 0 Å². The van der Waals surface area contributed by atoms with Crippen LogP contribution in [0.15, 0.2) is 0 Å². The molecule has 0 bridgehead atoms. The second-order valence-corrected chi connectivity index (χ2v) is 5.36. The van der Waals surface area contributed by atoms with Crippen LogP contribution in [0, 0.1) is 6.92 Å². The highest BCUT2D eigenvalue weighted by atomic mass is 15.2. The van der Waals surface area contributed by atoms with Gasteiger partial charge >= 0.3 is 0 Å². The van der Waals surface area contributed by atoms with Crippen LogP contribution in [-0.2, 0) is 6.42 Å². The molecule has 0 atom stereocenters. The van der Waals surface area contributed by atoms with Crippen LogP contribution in [-0.4, -0.2) is 29.6 Å². The van der Waals surface area contributed by atoms with E-state index in [1.165, 1.54) is 18.4 Å². The normalized spacial score (nSPS) is 14.5. The van der Waals surface area contributed by atoms with Crippen LogP contribution in [0.3, 0.4) is 0 Å². The molecule has 106 valence electrons. The van der Waals surface area contributed by atoms with Gasteiger partial charge < -0.3 is 10.2 Å². The quantitative estimate of drug-likeness (QED) is 0.819. The van der Waals surface area contributed by atoms with Gasteiger partial charge in [0.2, 0.25) is 0 Å². The fourth-order valence-electron chi connectivity index (χ4n) is 2.50. The minimum absolute atomic E-state index is 0.702. The Morgan fingerprint density at radius 3 is 2.47 bits per heavy atom. The molecular weight excluding hydrogens is 236 g/mol. The Balaban J connectivity index is 2.37. The number of nitrogens with zero attached hydrogens (tertiary/aromatic N) is 3. The highest BCUT2D eigenvalue weighted by Crippen LogP contribution is 2.34. The van der Waals surface area contributed by atoms with E-state index in [0.29, 0.717) is 6.04 Å². The van der Waals surface area contributed by atoms with E-state index in [-0.39, 0.29) is 0 Å².